The summed E-state index contributed by atoms with van der Waals surface area (Å²) in [7, 11) is -2.64. The molecule has 0 unspecified atom stereocenters. The van der Waals surface area contributed by atoms with Gasteiger partial charge in [0, 0.05) is 0 Å². The van der Waals surface area contributed by atoms with Crippen molar-refractivity contribution in [1.29, 1.82) is 0 Å². The normalized spacial score (nSPS) is 31.9. The van der Waals surface area contributed by atoms with Crippen LogP contribution in [0, 0.1) is 5.92 Å². The summed E-state index contributed by atoms with van der Waals surface area (Å²) in [6.45, 7) is 2.06. The molecule has 0 aliphatic carbocycles. The molecule has 1 aliphatic rings. The summed E-state index contributed by atoms with van der Waals surface area (Å²) in [4.78, 5) is 0. The van der Waals surface area contributed by atoms with Crippen molar-refractivity contribution in [2.24, 2.45) is 5.92 Å². The average Bonchev–Trinajstić information content (AvgIpc) is 1.86. The molecule has 0 bridgehead atoms. The predicted octanol–water partition coefficient (Wildman–Crippen LogP) is 1.22. The third-order valence-electron chi connectivity index (χ3n) is 2.13. The number of sulfone groups is 1. The van der Waals surface area contributed by atoms with E-state index < -0.39 is 9.84 Å². The lowest BCUT2D eigenvalue weighted by molar-refractivity contribution is 0.474. The Kier molecular flexibility index (Phi) is 2.34. The monoisotopic (exact) mass is 162 g/mol. The zero-order valence-electron chi connectivity index (χ0n) is 6.34. The van der Waals surface area contributed by atoms with Gasteiger partial charge in [-0.25, -0.2) is 8.42 Å². The number of rotatable bonds is 1. The Balaban J connectivity index is 2.56. The first-order chi connectivity index (χ1) is 4.64. The Labute approximate surface area is 62.5 Å². The minimum absolute atomic E-state index is 0.420. The van der Waals surface area contributed by atoms with Gasteiger partial charge in [-0.3, -0.25) is 0 Å². The molecular weight excluding hydrogens is 148 g/mol. The van der Waals surface area contributed by atoms with Crippen LogP contribution in [0.25, 0.3) is 0 Å². The lowest BCUT2D eigenvalue weighted by atomic mass is 10.0. The summed E-state index contributed by atoms with van der Waals surface area (Å²) in [5.74, 6) is 1.30. The number of hydrogen-bond donors (Lipinski definition) is 0. The van der Waals surface area contributed by atoms with E-state index >= 15 is 0 Å². The molecule has 0 radical (unpaired) electrons. The van der Waals surface area contributed by atoms with Crippen LogP contribution in [0.2, 0.25) is 0 Å². The molecule has 0 aromatic heterocycles. The van der Waals surface area contributed by atoms with E-state index in [-0.39, 0.29) is 0 Å². The fourth-order valence-corrected chi connectivity index (χ4v) is 3.33. The fourth-order valence-electron chi connectivity index (χ4n) is 1.44. The molecule has 3 heteroatoms. The van der Waals surface area contributed by atoms with E-state index in [0.717, 1.165) is 19.3 Å². The first-order valence-electron chi connectivity index (χ1n) is 3.84. The zero-order valence-corrected chi connectivity index (χ0v) is 7.15. The lowest BCUT2D eigenvalue weighted by Crippen LogP contribution is -2.24. The summed E-state index contributed by atoms with van der Waals surface area (Å²) in [6.07, 6.45) is 3.00. The van der Waals surface area contributed by atoms with Crippen molar-refractivity contribution in [3.63, 3.8) is 0 Å². The molecule has 0 spiro atoms. The standard InChI is InChI=1S/C7H14O2S/c1-2-7-4-3-5-10(8,9)6-7/h7H,2-6H2,1H3/t7-/m0/s1. The van der Waals surface area contributed by atoms with E-state index in [2.05, 4.69) is 6.92 Å². The maximum Gasteiger partial charge on any atom is 0.150 e. The largest absolute Gasteiger partial charge is 0.229 e. The zero-order chi connectivity index (χ0) is 7.61. The van der Waals surface area contributed by atoms with Crippen LogP contribution in [0.1, 0.15) is 26.2 Å². The van der Waals surface area contributed by atoms with Crippen molar-refractivity contribution in [2.75, 3.05) is 11.5 Å². The Hall–Kier alpha value is -0.0500. The molecule has 0 saturated carbocycles. The van der Waals surface area contributed by atoms with Crippen molar-refractivity contribution >= 4 is 9.84 Å². The molecule has 1 saturated heterocycles. The second kappa shape index (κ2) is 2.91. The van der Waals surface area contributed by atoms with Crippen LogP contribution in [-0.4, -0.2) is 19.9 Å². The Bertz CT molecular complexity index is 194. The molecule has 0 amide bonds. The van der Waals surface area contributed by atoms with E-state index in [0.29, 0.717) is 17.4 Å². The Morgan fingerprint density at radius 3 is 2.60 bits per heavy atom. The van der Waals surface area contributed by atoms with Crippen LogP contribution in [0.5, 0.6) is 0 Å². The van der Waals surface area contributed by atoms with Crippen LogP contribution in [0.4, 0.5) is 0 Å². The maximum atomic E-state index is 11.0. The fraction of sp³-hybridized carbons (Fsp3) is 1.00. The van der Waals surface area contributed by atoms with Gasteiger partial charge in [-0.05, 0) is 18.8 Å². The third kappa shape index (κ3) is 1.97. The van der Waals surface area contributed by atoms with Crippen molar-refractivity contribution < 1.29 is 8.42 Å². The Morgan fingerprint density at radius 1 is 1.50 bits per heavy atom. The average molecular weight is 162 g/mol. The van der Waals surface area contributed by atoms with Crippen LogP contribution in [-0.2, 0) is 9.84 Å². The lowest BCUT2D eigenvalue weighted by Gasteiger charge is -2.19. The van der Waals surface area contributed by atoms with Gasteiger partial charge >= 0.3 is 0 Å². The van der Waals surface area contributed by atoms with Crippen LogP contribution < -0.4 is 0 Å². The maximum absolute atomic E-state index is 11.0. The molecule has 1 heterocycles. The quantitative estimate of drug-likeness (QED) is 0.581. The first-order valence-corrected chi connectivity index (χ1v) is 5.66. The van der Waals surface area contributed by atoms with Crippen molar-refractivity contribution in [3.05, 3.63) is 0 Å². The van der Waals surface area contributed by atoms with Crippen LogP contribution >= 0.6 is 0 Å². The SMILES string of the molecule is CC[C@H]1CCCS(=O)(=O)C1. The van der Waals surface area contributed by atoms with Gasteiger partial charge in [0.05, 0.1) is 11.5 Å². The summed E-state index contributed by atoms with van der Waals surface area (Å²) in [5, 5.41) is 0. The summed E-state index contributed by atoms with van der Waals surface area (Å²) in [5.41, 5.74) is 0. The van der Waals surface area contributed by atoms with E-state index in [1.54, 1.807) is 0 Å². The van der Waals surface area contributed by atoms with E-state index in [9.17, 15) is 8.42 Å². The molecule has 0 aromatic carbocycles. The van der Waals surface area contributed by atoms with Gasteiger partial charge in [-0.2, -0.15) is 0 Å². The van der Waals surface area contributed by atoms with Gasteiger partial charge in [-0.1, -0.05) is 13.3 Å². The first kappa shape index (κ1) is 8.05. The summed E-state index contributed by atoms with van der Waals surface area (Å²) < 4.78 is 22.0. The second-order valence-electron chi connectivity index (χ2n) is 3.03. The minimum atomic E-state index is -2.64. The smallest absolute Gasteiger partial charge is 0.150 e. The van der Waals surface area contributed by atoms with E-state index in [4.69, 9.17) is 0 Å². The van der Waals surface area contributed by atoms with Crippen molar-refractivity contribution in [3.8, 4) is 0 Å². The topological polar surface area (TPSA) is 34.1 Å². The van der Waals surface area contributed by atoms with Gasteiger partial charge in [0.1, 0.15) is 0 Å². The molecule has 10 heavy (non-hydrogen) atoms. The summed E-state index contributed by atoms with van der Waals surface area (Å²) in [6, 6.07) is 0. The molecule has 0 N–H and O–H groups in total. The van der Waals surface area contributed by atoms with E-state index in [1.807, 2.05) is 0 Å². The van der Waals surface area contributed by atoms with Gasteiger partial charge < -0.3 is 0 Å². The molecular formula is C7H14O2S. The minimum Gasteiger partial charge on any atom is -0.229 e. The molecule has 0 aromatic rings. The van der Waals surface area contributed by atoms with Crippen molar-refractivity contribution in [2.45, 2.75) is 26.2 Å². The van der Waals surface area contributed by atoms with Gasteiger partial charge in [0.25, 0.3) is 0 Å². The Morgan fingerprint density at radius 2 is 2.20 bits per heavy atom. The second-order valence-corrected chi connectivity index (χ2v) is 5.26. The highest BCUT2D eigenvalue weighted by Gasteiger charge is 2.22. The van der Waals surface area contributed by atoms with Crippen LogP contribution in [0.15, 0.2) is 0 Å². The van der Waals surface area contributed by atoms with Gasteiger partial charge in [0.2, 0.25) is 0 Å². The molecule has 1 fully saturated rings. The molecule has 60 valence electrons. The van der Waals surface area contributed by atoms with Crippen molar-refractivity contribution in [1.82, 2.24) is 0 Å². The number of hydrogen-bond acceptors (Lipinski definition) is 2. The molecule has 1 atom stereocenters. The highest BCUT2D eigenvalue weighted by molar-refractivity contribution is 7.91. The third-order valence-corrected chi connectivity index (χ3v) is 4.02. The highest BCUT2D eigenvalue weighted by Crippen LogP contribution is 2.20. The molecule has 2 nitrogen and oxygen atoms in total. The van der Waals surface area contributed by atoms with E-state index in [1.165, 1.54) is 0 Å². The van der Waals surface area contributed by atoms with Crippen LogP contribution in [0.3, 0.4) is 0 Å². The van der Waals surface area contributed by atoms with Gasteiger partial charge in [0.15, 0.2) is 9.84 Å². The van der Waals surface area contributed by atoms with Gasteiger partial charge in [-0.15, -0.1) is 0 Å². The molecule has 1 rings (SSSR count). The highest BCUT2D eigenvalue weighted by atomic mass is 32.2. The predicted molar refractivity (Wildman–Crippen MR) is 41.7 cm³/mol. The summed E-state index contributed by atoms with van der Waals surface area (Å²) >= 11 is 0. The molecule has 1 aliphatic heterocycles.